The SMILES string of the molecule is COC(=O)c1ccc(-c2nc(-c3ccc(O)c(C(C)(C)C)c3)no2)cc1. The van der Waals surface area contributed by atoms with Crippen molar-refractivity contribution in [2.45, 2.75) is 26.2 Å². The maximum Gasteiger partial charge on any atom is 0.337 e. The molecule has 0 unspecified atom stereocenters. The highest BCUT2D eigenvalue weighted by atomic mass is 16.5. The van der Waals surface area contributed by atoms with Gasteiger partial charge in [0.25, 0.3) is 5.89 Å². The van der Waals surface area contributed by atoms with E-state index in [1.807, 2.05) is 26.8 Å². The van der Waals surface area contributed by atoms with Crippen molar-refractivity contribution in [3.8, 4) is 28.6 Å². The number of nitrogens with zero attached hydrogens (tertiary/aromatic N) is 2. The fraction of sp³-hybridized carbons (Fsp3) is 0.250. The molecule has 0 saturated carbocycles. The van der Waals surface area contributed by atoms with E-state index in [9.17, 15) is 9.90 Å². The molecule has 0 aliphatic carbocycles. The van der Waals surface area contributed by atoms with Crippen molar-refractivity contribution in [1.29, 1.82) is 0 Å². The van der Waals surface area contributed by atoms with E-state index in [4.69, 9.17) is 4.52 Å². The van der Waals surface area contributed by atoms with Crippen LogP contribution in [0.3, 0.4) is 0 Å². The summed E-state index contributed by atoms with van der Waals surface area (Å²) in [6.07, 6.45) is 0. The molecule has 0 radical (unpaired) electrons. The Hall–Kier alpha value is -3.15. The fourth-order valence-electron chi connectivity index (χ4n) is 2.60. The zero-order chi connectivity index (χ0) is 18.9. The number of aromatic nitrogens is 2. The Bertz CT molecular complexity index is 937. The molecule has 3 aromatic rings. The number of phenolic OH excluding ortho intramolecular Hbond substituents is 1. The van der Waals surface area contributed by atoms with Crippen molar-refractivity contribution in [2.24, 2.45) is 0 Å². The molecule has 0 saturated heterocycles. The van der Waals surface area contributed by atoms with Crippen molar-refractivity contribution < 1.29 is 19.2 Å². The molecular weight excluding hydrogens is 332 g/mol. The van der Waals surface area contributed by atoms with Gasteiger partial charge in [0.05, 0.1) is 12.7 Å². The van der Waals surface area contributed by atoms with Crippen LogP contribution in [0.15, 0.2) is 47.0 Å². The summed E-state index contributed by atoms with van der Waals surface area (Å²) in [5.41, 5.74) is 2.50. The van der Waals surface area contributed by atoms with Gasteiger partial charge in [-0.25, -0.2) is 4.79 Å². The molecule has 0 bridgehead atoms. The van der Waals surface area contributed by atoms with Crippen molar-refractivity contribution in [2.75, 3.05) is 7.11 Å². The smallest absolute Gasteiger partial charge is 0.337 e. The molecule has 0 spiro atoms. The van der Waals surface area contributed by atoms with Gasteiger partial charge in [-0.15, -0.1) is 0 Å². The lowest BCUT2D eigenvalue weighted by molar-refractivity contribution is 0.0600. The minimum absolute atomic E-state index is 0.212. The lowest BCUT2D eigenvalue weighted by Crippen LogP contribution is -2.11. The molecule has 0 fully saturated rings. The monoisotopic (exact) mass is 352 g/mol. The third-order valence-corrected chi connectivity index (χ3v) is 4.04. The number of benzene rings is 2. The number of carbonyl (C=O) groups is 1. The van der Waals surface area contributed by atoms with Crippen LogP contribution in [-0.4, -0.2) is 28.3 Å². The topological polar surface area (TPSA) is 85.5 Å². The van der Waals surface area contributed by atoms with E-state index >= 15 is 0 Å². The molecule has 0 aliphatic heterocycles. The highest BCUT2D eigenvalue weighted by molar-refractivity contribution is 5.89. The molecule has 134 valence electrons. The van der Waals surface area contributed by atoms with E-state index in [1.54, 1.807) is 36.4 Å². The number of phenols is 1. The summed E-state index contributed by atoms with van der Waals surface area (Å²) in [6, 6.07) is 12.0. The first-order valence-electron chi connectivity index (χ1n) is 8.16. The molecule has 2 aromatic carbocycles. The number of rotatable bonds is 3. The van der Waals surface area contributed by atoms with Crippen molar-refractivity contribution in [1.82, 2.24) is 10.1 Å². The van der Waals surface area contributed by atoms with Crippen molar-refractivity contribution >= 4 is 5.97 Å². The first kappa shape index (κ1) is 17.7. The predicted molar refractivity (Wildman–Crippen MR) is 96.9 cm³/mol. The summed E-state index contributed by atoms with van der Waals surface area (Å²) in [4.78, 5) is 15.9. The van der Waals surface area contributed by atoms with Gasteiger partial charge in [0.2, 0.25) is 5.82 Å². The largest absolute Gasteiger partial charge is 0.508 e. The summed E-state index contributed by atoms with van der Waals surface area (Å²) in [5.74, 6) is 0.620. The van der Waals surface area contributed by atoms with E-state index in [1.165, 1.54) is 7.11 Å². The van der Waals surface area contributed by atoms with Crippen LogP contribution < -0.4 is 0 Å². The average Bonchev–Trinajstić information content (AvgIpc) is 3.10. The van der Waals surface area contributed by atoms with Gasteiger partial charge < -0.3 is 14.4 Å². The number of carbonyl (C=O) groups excluding carboxylic acids is 1. The van der Waals surface area contributed by atoms with Crippen molar-refractivity contribution in [3.63, 3.8) is 0 Å². The molecule has 1 heterocycles. The van der Waals surface area contributed by atoms with Gasteiger partial charge in [-0.1, -0.05) is 25.9 Å². The standard InChI is InChI=1S/C20H20N2O4/c1-20(2,3)15-11-14(9-10-16(15)23)17-21-18(26-22-17)12-5-7-13(8-6-12)19(24)25-4/h5-11,23H,1-4H3. The van der Waals surface area contributed by atoms with Crippen LogP contribution in [0, 0.1) is 0 Å². The lowest BCUT2D eigenvalue weighted by atomic mass is 9.85. The summed E-state index contributed by atoms with van der Waals surface area (Å²) in [6.45, 7) is 6.07. The summed E-state index contributed by atoms with van der Waals surface area (Å²) < 4.78 is 10.0. The molecule has 6 nitrogen and oxygen atoms in total. The Morgan fingerprint density at radius 2 is 1.73 bits per heavy atom. The lowest BCUT2D eigenvalue weighted by Gasteiger charge is -2.20. The fourth-order valence-corrected chi connectivity index (χ4v) is 2.60. The summed E-state index contributed by atoms with van der Waals surface area (Å²) in [7, 11) is 1.34. The minimum atomic E-state index is -0.401. The number of ether oxygens (including phenoxy) is 1. The molecule has 0 amide bonds. The van der Waals surface area contributed by atoms with Gasteiger partial charge in [0, 0.05) is 11.1 Å². The molecule has 1 aromatic heterocycles. The van der Waals surface area contributed by atoms with Gasteiger partial charge in [-0.2, -0.15) is 4.98 Å². The van der Waals surface area contributed by atoms with Crippen LogP contribution in [0.2, 0.25) is 0 Å². The van der Waals surface area contributed by atoms with Crippen LogP contribution in [0.25, 0.3) is 22.8 Å². The molecule has 3 rings (SSSR count). The minimum Gasteiger partial charge on any atom is -0.508 e. The molecular formula is C20H20N2O4. The van der Waals surface area contributed by atoms with E-state index in [-0.39, 0.29) is 11.2 Å². The van der Waals surface area contributed by atoms with Gasteiger partial charge in [0.15, 0.2) is 0 Å². The van der Waals surface area contributed by atoms with Gasteiger partial charge in [-0.3, -0.25) is 0 Å². The van der Waals surface area contributed by atoms with E-state index in [0.29, 0.717) is 22.8 Å². The highest BCUT2D eigenvalue weighted by Gasteiger charge is 2.20. The number of aromatic hydroxyl groups is 1. The Balaban J connectivity index is 1.92. The molecule has 6 heteroatoms. The maximum atomic E-state index is 11.5. The van der Waals surface area contributed by atoms with E-state index in [2.05, 4.69) is 14.9 Å². The summed E-state index contributed by atoms with van der Waals surface area (Å²) >= 11 is 0. The molecule has 26 heavy (non-hydrogen) atoms. The third kappa shape index (κ3) is 3.44. The number of esters is 1. The highest BCUT2D eigenvalue weighted by Crippen LogP contribution is 2.34. The van der Waals surface area contributed by atoms with Gasteiger partial charge >= 0.3 is 5.97 Å². The molecule has 0 atom stereocenters. The zero-order valence-electron chi connectivity index (χ0n) is 15.1. The Morgan fingerprint density at radius 1 is 1.08 bits per heavy atom. The second kappa shape index (κ2) is 6.63. The first-order chi connectivity index (χ1) is 12.3. The number of hydrogen-bond donors (Lipinski definition) is 1. The number of methoxy groups -OCH3 is 1. The summed E-state index contributed by atoms with van der Waals surface area (Å²) in [5, 5.41) is 14.1. The van der Waals surface area contributed by atoms with Gasteiger partial charge in [-0.05, 0) is 53.4 Å². The predicted octanol–water partition coefficient (Wildman–Crippen LogP) is 4.19. The Labute approximate surface area is 151 Å². The van der Waals surface area contributed by atoms with Gasteiger partial charge in [0.1, 0.15) is 5.75 Å². The first-order valence-corrected chi connectivity index (χ1v) is 8.16. The molecule has 0 aliphatic rings. The average molecular weight is 352 g/mol. The van der Waals surface area contributed by atoms with E-state index in [0.717, 1.165) is 11.1 Å². The van der Waals surface area contributed by atoms with E-state index < -0.39 is 5.97 Å². The Kier molecular flexibility index (Phi) is 4.50. The van der Waals surface area contributed by atoms with Crippen LogP contribution in [0.4, 0.5) is 0 Å². The second-order valence-corrected chi connectivity index (χ2v) is 6.97. The third-order valence-electron chi connectivity index (χ3n) is 4.04. The van der Waals surface area contributed by atoms with Crippen LogP contribution in [0.1, 0.15) is 36.7 Å². The quantitative estimate of drug-likeness (QED) is 0.711. The second-order valence-electron chi connectivity index (χ2n) is 6.97. The maximum absolute atomic E-state index is 11.5. The van der Waals surface area contributed by atoms with Crippen molar-refractivity contribution in [3.05, 3.63) is 53.6 Å². The van der Waals surface area contributed by atoms with Crippen LogP contribution >= 0.6 is 0 Å². The normalized spacial score (nSPS) is 11.4. The zero-order valence-corrected chi connectivity index (χ0v) is 15.1. The van der Waals surface area contributed by atoms with Crippen LogP contribution in [0.5, 0.6) is 5.75 Å². The molecule has 1 N–H and O–H groups in total. The van der Waals surface area contributed by atoms with Crippen LogP contribution in [-0.2, 0) is 10.2 Å². The number of hydrogen-bond acceptors (Lipinski definition) is 6. The Morgan fingerprint density at radius 3 is 2.35 bits per heavy atom.